The Balaban J connectivity index is 1.81. The summed E-state index contributed by atoms with van der Waals surface area (Å²) < 4.78 is 49.1. The highest BCUT2D eigenvalue weighted by Gasteiger charge is 2.33. The molecular formula is C14H18ClF3O2Si. The Morgan fingerprint density at radius 2 is 1.90 bits per heavy atom. The Kier molecular flexibility index (Phi) is 5.35. The van der Waals surface area contributed by atoms with Crippen LogP contribution in [0.2, 0.25) is 18.1 Å². The number of hydrogen-bond acceptors (Lipinski definition) is 2. The molecule has 0 radical (unpaired) electrons. The number of halogens is 4. The van der Waals surface area contributed by atoms with Gasteiger partial charge in [0, 0.05) is 6.10 Å². The number of rotatable bonds is 5. The third-order valence-electron chi connectivity index (χ3n) is 3.34. The van der Waals surface area contributed by atoms with E-state index in [0.717, 1.165) is 18.9 Å². The van der Waals surface area contributed by atoms with Crippen LogP contribution in [0.15, 0.2) is 18.2 Å². The summed E-state index contributed by atoms with van der Waals surface area (Å²) in [5.74, 6) is 0. The molecule has 0 aliphatic heterocycles. The first-order chi connectivity index (χ1) is 9.75. The first-order valence-corrected chi connectivity index (χ1v) is 10.0. The van der Waals surface area contributed by atoms with Crippen molar-refractivity contribution in [1.82, 2.24) is 0 Å². The highest BCUT2D eigenvalue weighted by molar-refractivity contribution is 6.48. The molecule has 0 spiro atoms. The summed E-state index contributed by atoms with van der Waals surface area (Å²) >= 11 is 5.67. The van der Waals surface area contributed by atoms with Gasteiger partial charge < -0.3 is 9.16 Å². The fraction of sp³-hybridized carbons (Fsp3) is 0.571. The van der Waals surface area contributed by atoms with Gasteiger partial charge in [-0.25, -0.2) is 0 Å². The average Bonchev–Trinajstić information content (AvgIpc) is 2.29. The zero-order valence-corrected chi connectivity index (χ0v) is 13.8. The highest BCUT2D eigenvalue weighted by atomic mass is 35.5. The summed E-state index contributed by atoms with van der Waals surface area (Å²) in [7, 11) is -1.01. The van der Waals surface area contributed by atoms with Gasteiger partial charge in [-0.15, -0.1) is 0 Å². The second-order valence-electron chi connectivity index (χ2n) is 5.52. The van der Waals surface area contributed by atoms with E-state index in [4.69, 9.17) is 20.8 Å². The first-order valence-electron chi connectivity index (χ1n) is 6.88. The van der Waals surface area contributed by atoms with Gasteiger partial charge in [0.1, 0.15) is 0 Å². The standard InChI is InChI=1S/C14H18ClF3O2Si/c1-21(2)20-11-6-10(7-11)19-8-9-3-4-12(13(15)5-9)14(16,17)18/h3-5,10-11,21H,6-8H2,1-2H3/t10-,11+. The molecule has 1 aromatic rings. The van der Waals surface area contributed by atoms with Gasteiger partial charge in [-0.2, -0.15) is 13.2 Å². The lowest BCUT2D eigenvalue weighted by atomic mass is 9.92. The summed E-state index contributed by atoms with van der Waals surface area (Å²) in [6, 6.07) is 3.72. The largest absolute Gasteiger partial charge is 0.417 e. The van der Waals surface area contributed by atoms with Gasteiger partial charge in [0.2, 0.25) is 0 Å². The molecule has 118 valence electrons. The van der Waals surface area contributed by atoms with Crippen molar-refractivity contribution in [2.24, 2.45) is 0 Å². The lowest BCUT2D eigenvalue weighted by Crippen LogP contribution is -2.39. The van der Waals surface area contributed by atoms with Crippen LogP contribution in [-0.2, 0) is 21.9 Å². The summed E-state index contributed by atoms with van der Waals surface area (Å²) in [4.78, 5) is 0. The molecule has 0 unspecified atom stereocenters. The summed E-state index contributed by atoms with van der Waals surface area (Å²) in [6.07, 6.45) is -2.28. The molecule has 0 aromatic heterocycles. The average molecular weight is 339 g/mol. The molecule has 1 aromatic carbocycles. The molecule has 0 heterocycles. The van der Waals surface area contributed by atoms with Crippen LogP contribution in [0, 0.1) is 0 Å². The van der Waals surface area contributed by atoms with Crippen molar-refractivity contribution in [3.63, 3.8) is 0 Å². The van der Waals surface area contributed by atoms with E-state index < -0.39 is 20.8 Å². The molecule has 2 rings (SSSR count). The van der Waals surface area contributed by atoms with Crippen molar-refractivity contribution in [2.45, 2.75) is 50.9 Å². The molecule has 0 N–H and O–H groups in total. The Morgan fingerprint density at radius 3 is 2.43 bits per heavy atom. The van der Waals surface area contributed by atoms with Crippen LogP contribution in [0.4, 0.5) is 13.2 Å². The minimum absolute atomic E-state index is 0.129. The van der Waals surface area contributed by atoms with Crippen LogP contribution in [-0.4, -0.2) is 21.2 Å². The van der Waals surface area contributed by atoms with E-state index in [1.54, 1.807) is 0 Å². The van der Waals surface area contributed by atoms with Gasteiger partial charge in [-0.05, 0) is 43.6 Å². The van der Waals surface area contributed by atoms with Crippen LogP contribution in [0.1, 0.15) is 24.0 Å². The van der Waals surface area contributed by atoms with Crippen LogP contribution in [0.25, 0.3) is 0 Å². The normalized spacial score (nSPS) is 22.4. The molecule has 1 fully saturated rings. The monoisotopic (exact) mass is 338 g/mol. The summed E-state index contributed by atoms with van der Waals surface area (Å²) in [5.41, 5.74) is -0.164. The maximum absolute atomic E-state index is 12.6. The van der Waals surface area contributed by atoms with Gasteiger partial charge in [-0.1, -0.05) is 17.7 Å². The maximum Gasteiger partial charge on any atom is 0.417 e. The SMILES string of the molecule is C[SiH](C)O[C@H]1C[C@@H](OCc2ccc(C(F)(F)F)c(Cl)c2)C1. The Morgan fingerprint density at radius 1 is 1.24 bits per heavy atom. The molecule has 0 amide bonds. The van der Waals surface area contributed by atoms with Crippen molar-refractivity contribution >= 4 is 20.6 Å². The molecule has 1 saturated carbocycles. The van der Waals surface area contributed by atoms with Crippen LogP contribution >= 0.6 is 11.6 Å². The fourth-order valence-corrected chi connectivity index (χ4v) is 3.54. The van der Waals surface area contributed by atoms with Gasteiger partial charge >= 0.3 is 6.18 Å². The predicted molar refractivity (Wildman–Crippen MR) is 78.0 cm³/mol. The lowest BCUT2D eigenvalue weighted by molar-refractivity contribution is -0.137. The van der Waals surface area contributed by atoms with Crippen molar-refractivity contribution in [3.8, 4) is 0 Å². The molecule has 1 aliphatic carbocycles. The van der Waals surface area contributed by atoms with Crippen molar-refractivity contribution in [2.75, 3.05) is 0 Å². The third-order valence-corrected chi connectivity index (χ3v) is 4.58. The van der Waals surface area contributed by atoms with Crippen LogP contribution < -0.4 is 0 Å². The fourth-order valence-electron chi connectivity index (χ4n) is 2.24. The van der Waals surface area contributed by atoms with E-state index in [0.29, 0.717) is 5.56 Å². The molecule has 0 bridgehead atoms. The molecular weight excluding hydrogens is 321 g/mol. The number of benzene rings is 1. The highest BCUT2D eigenvalue weighted by Crippen LogP contribution is 2.35. The minimum atomic E-state index is -4.42. The van der Waals surface area contributed by atoms with Gasteiger partial charge in [0.15, 0.2) is 9.04 Å². The molecule has 0 atom stereocenters. The van der Waals surface area contributed by atoms with Gasteiger partial charge in [0.05, 0.1) is 23.3 Å². The van der Waals surface area contributed by atoms with Crippen molar-refractivity contribution in [1.29, 1.82) is 0 Å². The van der Waals surface area contributed by atoms with E-state index in [-0.39, 0.29) is 23.8 Å². The van der Waals surface area contributed by atoms with Gasteiger partial charge in [-0.3, -0.25) is 0 Å². The van der Waals surface area contributed by atoms with Crippen LogP contribution in [0.5, 0.6) is 0 Å². The van der Waals surface area contributed by atoms with E-state index in [2.05, 4.69) is 13.1 Å². The van der Waals surface area contributed by atoms with Crippen LogP contribution in [0.3, 0.4) is 0 Å². The van der Waals surface area contributed by atoms with E-state index >= 15 is 0 Å². The Bertz CT molecular complexity index is 488. The first kappa shape index (κ1) is 16.8. The second kappa shape index (κ2) is 6.69. The number of hydrogen-bond donors (Lipinski definition) is 0. The number of alkyl halides is 3. The zero-order valence-electron chi connectivity index (χ0n) is 11.9. The third kappa shape index (κ3) is 4.71. The minimum Gasteiger partial charge on any atom is -0.417 e. The van der Waals surface area contributed by atoms with E-state index in [1.807, 2.05) is 0 Å². The topological polar surface area (TPSA) is 18.5 Å². The molecule has 21 heavy (non-hydrogen) atoms. The summed E-state index contributed by atoms with van der Waals surface area (Å²) in [5, 5.41) is -0.288. The van der Waals surface area contributed by atoms with Gasteiger partial charge in [0.25, 0.3) is 0 Å². The maximum atomic E-state index is 12.6. The molecule has 7 heteroatoms. The Hall–Kier alpha value is -0.563. The van der Waals surface area contributed by atoms with E-state index in [1.165, 1.54) is 12.1 Å². The zero-order chi connectivity index (χ0) is 15.6. The molecule has 1 aliphatic rings. The second-order valence-corrected chi connectivity index (χ2v) is 8.30. The number of ether oxygens (including phenoxy) is 1. The molecule has 0 saturated heterocycles. The van der Waals surface area contributed by atoms with Crippen molar-refractivity contribution in [3.05, 3.63) is 34.3 Å². The van der Waals surface area contributed by atoms with Crippen molar-refractivity contribution < 1.29 is 22.3 Å². The van der Waals surface area contributed by atoms with E-state index in [9.17, 15) is 13.2 Å². The quantitative estimate of drug-likeness (QED) is 0.740. The molecule has 2 nitrogen and oxygen atoms in total. The smallest absolute Gasteiger partial charge is 0.417 e. The Labute approximate surface area is 128 Å². The lowest BCUT2D eigenvalue weighted by Gasteiger charge is -2.36. The predicted octanol–water partition coefficient (Wildman–Crippen LogP) is 4.41. The summed E-state index contributed by atoms with van der Waals surface area (Å²) in [6.45, 7) is 4.52.